The topological polar surface area (TPSA) is 46.2 Å². The summed E-state index contributed by atoms with van der Waals surface area (Å²) in [6, 6.07) is 8.02. The summed E-state index contributed by atoms with van der Waals surface area (Å²) in [5.74, 6) is 1.07. The van der Waals surface area contributed by atoms with E-state index in [9.17, 15) is 5.11 Å². The van der Waals surface area contributed by atoms with Gasteiger partial charge in [0.25, 0.3) is 0 Å². The lowest BCUT2D eigenvalue weighted by Crippen LogP contribution is -2.34. The van der Waals surface area contributed by atoms with Crippen molar-refractivity contribution in [2.45, 2.75) is 23.3 Å². The monoisotopic (exact) mass is 209 g/mol. The molecule has 2 nitrogen and oxygen atoms in total. The molecule has 1 aromatic carbocycles. The lowest BCUT2D eigenvalue weighted by molar-refractivity contribution is 0.0345. The number of nitrogens with two attached hydrogens (primary N) is 1. The largest absolute Gasteiger partial charge is 0.384 e. The highest BCUT2D eigenvalue weighted by atomic mass is 32.2. The molecular formula is C11H15NOS. The SMILES string of the molecule is NCC1(O)CCCSc2ccccc21. The average molecular weight is 209 g/mol. The molecule has 2 rings (SSSR count). The zero-order chi connectivity index (χ0) is 10.0. The van der Waals surface area contributed by atoms with Crippen LogP contribution in [0.25, 0.3) is 0 Å². The van der Waals surface area contributed by atoms with Gasteiger partial charge in [0.1, 0.15) is 5.60 Å². The van der Waals surface area contributed by atoms with E-state index in [4.69, 9.17) is 5.73 Å². The highest BCUT2D eigenvalue weighted by molar-refractivity contribution is 7.99. The fourth-order valence-electron chi connectivity index (χ4n) is 1.87. The molecule has 0 aliphatic carbocycles. The predicted molar refractivity (Wildman–Crippen MR) is 59.4 cm³/mol. The van der Waals surface area contributed by atoms with Crippen LogP contribution >= 0.6 is 11.8 Å². The van der Waals surface area contributed by atoms with Crippen molar-refractivity contribution in [3.8, 4) is 0 Å². The zero-order valence-corrected chi connectivity index (χ0v) is 8.89. The molecule has 3 heteroatoms. The summed E-state index contributed by atoms with van der Waals surface area (Å²) in [5.41, 5.74) is 5.86. The van der Waals surface area contributed by atoms with Crippen LogP contribution in [0.3, 0.4) is 0 Å². The molecule has 1 heterocycles. The van der Waals surface area contributed by atoms with Gasteiger partial charge in [-0.05, 0) is 30.2 Å². The third-order valence-electron chi connectivity index (χ3n) is 2.72. The summed E-state index contributed by atoms with van der Waals surface area (Å²) in [5, 5.41) is 10.4. The lowest BCUT2D eigenvalue weighted by atomic mass is 9.89. The predicted octanol–water partition coefficient (Wildman–Crippen LogP) is 1.72. The molecule has 1 aromatic rings. The molecule has 1 aliphatic heterocycles. The van der Waals surface area contributed by atoms with Gasteiger partial charge >= 0.3 is 0 Å². The molecule has 76 valence electrons. The quantitative estimate of drug-likeness (QED) is 0.740. The van der Waals surface area contributed by atoms with Crippen LogP contribution < -0.4 is 5.73 Å². The molecule has 1 unspecified atom stereocenters. The molecule has 0 radical (unpaired) electrons. The van der Waals surface area contributed by atoms with Crippen LogP contribution in [0.15, 0.2) is 29.2 Å². The smallest absolute Gasteiger partial charge is 0.103 e. The van der Waals surface area contributed by atoms with Gasteiger partial charge in [-0.1, -0.05) is 18.2 Å². The first kappa shape index (κ1) is 10.0. The van der Waals surface area contributed by atoms with E-state index >= 15 is 0 Å². The molecule has 0 amide bonds. The molecule has 0 saturated heterocycles. The number of hydrogen-bond acceptors (Lipinski definition) is 3. The Morgan fingerprint density at radius 1 is 1.43 bits per heavy atom. The Morgan fingerprint density at radius 3 is 3.00 bits per heavy atom. The third-order valence-corrected chi connectivity index (χ3v) is 3.88. The summed E-state index contributed by atoms with van der Waals surface area (Å²) in [7, 11) is 0. The minimum atomic E-state index is -0.805. The van der Waals surface area contributed by atoms with Gasteiger partial charge < -0.3 is 10.8 Å². The molecule has 0 fully saturated rings. The first-order chi connectivity index (χ1) is 6.76. The maximum Gasteiger partial charge on any atom is 0.103 e. The molecule has 0 saturated carbocycles. The van der Waals surface area contributed by atoms with E-state index in [1.807, 2.05) is 30.0 Å². The number of aliphatic hydroxyl groups is 1. The van der Waals surface area contributed by atoms with Crippen LogP contribution in [0.5, 0.6) is 0 Å². The van der Waals surface area contributed by atoms with Crippen LogP contribution in [0.4, 0.5) is 0 Å². The second kappa shape index (κ2) is 3.93. The minimum Gasteiger partial charge on any atom is -0.384 e. The van der Waals surface area contributed by atoms with Crippen LogP contribution in [0.2, 0.25) is 0 Å². The van der Waals surface area contributed by atoms with E-state index in [0.29, 0.717) is 6.54 Å². The lowest BCUT2D eigenvalue weighted by Gasteiger charge is -2.26. The van der Waals surface area contributed by atoms with Crippen LogP contribution in [0, 0.1) is 0 Å². The first-order valence-corrected chi connectivity index (χ1v) is 5.89. The average Bonchev–Trinajstić information content (AvgIpc) is 2.40. The number of thioether (sulfide) groups is 1. The Morgan fingerprint density at radius 2 is 2.21 bits per heavy atom. The fraction of sp³-hybridized carbons (Fsp3) is 0.455. The highest BCUT2D eigenvalue weighted by Gasteiger charge is 2.31. The number of hydrogen-bond donors (Lipinski definition) is 2. The van der Waals surface area contributed by atoms with Gasteiger partial charge in [-0.3, -0.25) is 0 Å². The summed E-state index contributed by atoms with van der Waals surface area (Å²) in [6.45, 7) is 0.310. The molecule has 14 heavy (non-hydrogen) atoms. The van der Waals surface area contributed by atoms with Gasteiger partial charge in [-0.15, -0.1) is 11.8 Å². The third kappa shape index (κ3) is 1.67. The Bertz CT molecular complexity index is 329. The number of benzene rings is 1. The van der Waals surface area contributed by atoms with Gasteiger partial charge in [0.15, 0.2) is 0 Å². The summed E-state index contributed by atoms with van der Waals surface area (Å²) >= 11 is 1.81. The molecular weight excluding hydrogens is 194 g/mol. The Kier molecular flexibility index (Phi) is 2.81. The van der Waals surface area contributed by atoms with Crippen molar-refractivity contribution in [1.82, 2.24) is 0 Å². The van der Waals surface area contributed by atoms with E-state index < -0.39 is 5.60 Å². The van der Waals surface area contributed by atoms with Gasteiger partial charge in [-0.2, -0.15) is 0 Å². The number of fused-ring (bicyclic) bond motifs is 1. The Hall–Kier alpha value is -0.510. The zero-order valence-electron chi connectivity index (χ0n) is 8.07. The molecule has 1 atom stereocenters. The van der Waals surface area contributed by atoms with E-state index in [0.717, 1.165) is 24.2 Å². The first-order valence-electron chi connectivity index (χ1n) is 4.91. The van der Waals surface area contributed by atoms with Gasteiger partial charge in [0.05, 0.1) is 0 Å². The molecule has 0 aromatic heterocycles. The highest BCUT2D eigenvalue weighted by Crippen LogP contribution is 2.37. The molecule has 3 N–H and O–H groups in total. The molecule has 1 aliphatic rings. The summed E-state index contributed by atoms with van der Waals surface area (Å²) < 4.78 is 0. The van der Waals surface area contributed by atoms with Crippen molar-refractivity contribution < 1.29 is 5.11 Å². The summed E-state index contributed by atoms with van der Waals surface area (Å²) in [6.07, 6.45) is 1.79. The standard InChI is InChI=1S/C11H15NOS/c12-8-11(13)6-3-7-14-10-5-2-1-4-9(10)11/h1-2,4-5,13H,3,6-8,12H2. The number of rotatable bonds is 1. The van der Waals surface area contributed by atoms with Crippen molar-refractivity contribution in [3.63, 3.8) is 0 Å². The van der Waals surface area contributed by atoms with Gasteiger partial charge in [-0.25, -0.2) is 0 Å². The maximum absolute atomic E-state index is 10.4. The molecule has 0 bridgehead atoms. The summed E-state index contributed by atoms with van der Waals surface area (Å²) in [4.78, 5) is 1.18. The van der Waals surface area contributed by atoms with Crippen LogP contribution in [-0.2, 0) is 5.60 Å². The van der Waals surface area contributed by atoms with Gasteiger partial charge in [0, 0.05) is 11.4 Å². The Labute approximate surface area is 88.5 Å². The van der Waals surface area contributed by atoms with Crippen molar-refractivity contribution in [2.75, 3.05) is 12.3 Å². The second-order valence-corrected chi connectivity index (χ2v) is 4.82. The Balaban J connectivity index is 2.47. The van der Waals surface area contributed by atoms with Crippen molar-refractivity contribution >= 4 is 11.8 Å². The van der Waals surface area contributed by atoms with Crippen molar-refractivity contribution in [2.24, 2.45) is 5.73 Å². The van der Waals surface area contributed by atoms with Crippen LogP contribution in [-0.4, -0.2) is 17.4 Å². The normalized spacial score (nSPS) is 26.7. The van der Waals surface area contributed by atoms with Crippen LogP contribution in [0.1, 0.15) is 18.4 Å². The molecule has 0 spiro atoms. The maximum atomic E-state index is 10.4. The van der Waals surface area contributed by atoms with Gasteiger partial charge in [0.2, 0.25) is 0 Å². The van der Waals surface area contributed by atoms with Crippen molar-refractivity contribution in [1.29, 1.82) is 0 Å². The van der Waals surface area contributed by atoms with Crippen molar-refractivity contribution in [3.05, 3.63) is 29.8 Å². The minimum absolute atomic E-state index is 0.310. The second-order valence-electron chi connectivity index (χ2n) is 3.68. The van der Waals surface area contributed by atoms with E-state index in [-0.39, 0.29) is 0 Å². The fourth-order valence-corrected chi connectivity index (χ4v) is 2.97. The van der Waals surface area contributed by atoms with E-state index in [2.05, 4.69) is 6.07 Å². The van der Waals surface area contributed by atoms with E-state index in [1.54, 1.807) is 0 Å². The van der Waals surface area contributed by atoms with E-state index in [1.165, 1.54) is 4.90 Å².